The number of hydrogen-bond acceptors (Lipinski definition) is 3. The summed E-state index contributed by atoms with van der Waals surface area (Å²) in [5.74, 6) is 0.889. The van der Waals surface area contributed by atoms with Crippen molar-refractivity contribution in [2.75, 3.05) is 44.7 Å². The number of aliphatic hydroxyl groups is 1. The number of para-hydroxylation sites is 1. The molecule has 1 aliphatic rings. The van der Waals surface area contributed by atoms with Gasteiger partial charge in [0.15, 0.2) is 0 Å². The average molecular weight is 352 g/mol. The number of benzene rings is 2. The Bertz CT molecular complexity index is 851. The molecule has 3 aromatic rings. The second-order valence-electron chi connectivity index (χ2n) is 6.94. The van der Waals surface area contributed by atoms with Gasteiger partial charge < -0.3 is 24.6 Å². The van der Waals surface area contributed by atoms with E-state index in [0.29, 0.717) is 0 Å². The molecule has 0 amide bonds. The zero-order valence-corrected chi connectivity index (χ0v) is 15.1. The maximum atomic E-state index is 10.7. The third-order valence-corrected chi connectivity index (χ3v) is 5.37. The Kier molecular flexibility index (Phi) is 4.82. The van der Waals surface area contributed by atoms with Crippen molar-refractivity contribution in [1.82, 2.24) is 4.98 Å². The predicted molar refractivity (Wildman–Crippen MR) is 104 cm³/mol. The second-order valence-corrected chi connectivity index (χ2v) is 6.94. The molecule has 26 heavy (non-hydrogen) atoms. The average Bonchev–Trinajstić information content (AvgIpc) is 3.13. The molecule has 3 N–H and O–H groups in total. The van der Waals surface area contributed by atoms with E-state index in [0.717, 1.165) is 54.9 Å². The molecule has 5 heteroatoms. The first-order valence-corrected chi connectivity index (χ1v) is 9.21. The number of aromatic amines is 1. The molecule has 0 bridgehead atoms. The molecule has 1 fully saturated rings. The monoisotopic (exact) mass is 352 g/mol. The maximum absolute atomic E-state index is 10.7. The fourth-order valence-electron chi connectivity index (χ4n) is 3.83. The van der Waals surface area contributed by atoms with Gasteiger partial charge in [0.05, 0.1) is 33.3 Å². The summed E-state index contributed by atoms with van der Waals surface area (Å²) in [5, 5.41) is 11.9. The number of ether oxygens (including phenoxy) is 1. The van der Waals surface area contributed by atoms with Crippen molar-refractivity contribution in [3.63, 3.8) is 0 Å². The number of rotatable bonds is 5. The van der Waals surface area contributed by atoms with Crippen LogP contribution in [0.3, 0.4) is 0 Å². The number of nitrogens with one attached hydrogen (secondary N) is 2. The van der Waals surface area contributed by atoms with Gasteiger partial charge >= 0.3 is 0 Å². The Hall–Kier alpha value is -2.50. The van der Waals surface area contributed by atoms with Crippen LogP contribution in [0.2, 0.25) is 0 Å². The molecule has 1 aromatic heterocycles. The van der Waals surface area contributed by atoms with Crippen LogP contribution in [0.25, 0.3) is 10.9 Å². The lowest BCUT2D eigenvalue weighted by atomic mass is 10.1. The van der Waals surface area contributed by atoms with Crippen molar-refractivity contribution in [3.05, 3.63) is 60.3 Å². The van der Waals surface area contributed by atoms with E-state index >= 15 is 0 Å². The van der Waals surface area contributed by atoms with Gasteiger partial charge in [-0.2, -0.15) is 0 Å². The highest BCUT2D eigenvalue weighted by molar-refractivity contribution is 5.83. The van der Waals surface area contributed by atoms with Crippen molar-refractivity contribution in [2.45, 2.75) is 6.10 Å². The normalized spacial score (nSPS) is 16.8. The van der Waals surface area contributed by atoms with Crippen LogP contribution >= 0.6 is 0 Å². The van der Waals surface area contributed by atoms with E-state index in [1.54, 1.807) is 7.11 Å². The molecule has 2 heterocycles. The van der Waals surface area contributed by atoms with Crippen molar-refractivity contribution in [2.24, 2.45) is 0 Å². The van der Waals surface area contributed by atoms with Crippen LogP contribution in [-0.4, -0.2) is 49.9 Å². The lowest BCUT2D eigenvalue weighted by Gasteiger charge is -2.34. The first-order valence-electron chi connectivity index (χ1n) is 9.21. The molecule has 0 radical (unpaired) electrons. The maximum Gasteiger partial charge on any atom is 0.130 e. The number of hydrogen-bond donors (Lipinski definition) is 3. The van der Waals surface area contributed by atoms with Gasteiger partial charge in [-0.25, -0.2) is 0 Å². The molecule has 5 nitrogen and oxygen atoms in total. The second kappa shape index (κ2) is 7.40. The number of anilines is 1. The van der Waals surface area contributed by atoms with Crippen LogP contribution in [0, 0.1) is 0 Å². The van der Waals surface area contributed by atoms with Crippen molar-refractivity contribution >= 4 is 16.6 Å². The number of piperazine rings is 1. The van der Waals surface area contributed by atoms with E-state index in [9.17, 15) is 5.11 Å². The lowest BCUT2D eigenvalue weighted by molar-refractivity contribution is -0.904. The van der Waals surface area contributed by atoms with Crippen molar-refractivity contribution in [3.8, 4) is 5.75 Å². The summed E-state index contributed by atoms with van der Waals surface area (Å²) < 4.78 is 5.23. The molecule has 136 valence electrons. The summed E-state index contributed by atoms with van der Waals surface area (Å²) in [6, 6.07) is 16.4. The summed E-state index contributed by atoms with van der Waals surface area (Å²) in [6.45, 7) is 4.82. The standard InChI is InChI=1S/C21H25N3O2/c1-26-17-8-6-16(7-9-17)24-12-10-23(11-13-24)15-21(25)19-14-22-20-5-3-2-4-18(19)20/h2-9,14,21-22,25H,10-13,15H2,1H3/p+1/t21-/m0/s1. The lowest BCUT2D eigenvalue weighted by Crippen LogP contribution is -3.15. The zero-order chi connectivity index (χ0) is 17.9. The molecule has 0 spiro atoms. The molecule has 1 saturated heterocycles. The van der Waals surface area contributed by atoms with E-state index in [1.807, 2.05) is 36.5 Å². The van der Waals surface area contributed by atoms with Crippen molar-refractivity contribution in [1.29, 1.82) is 0 Å². The number of aromatic nitrogens is 1. The molecular weight excluding hydrogens is 326 g/mol. The van der Waals surface area contributed by atoms with Gasteiger partial charge in [0.2, 0.25) is 0 Å². The van der Waals surface area contributed by atoms with Gasteiger partial charge in [0, 0.05) is 28.4 Å². The van der Waals surface area contributed by atoms with Gasteiger partial charge in [-0.05, 0) is 30.3 Å². The van der Waals surface area contributed by atoms with E-state index < -0.39 is 6.10 Å². The third kappa shape index (κ3) is 3.41. The fraction of sp³-hybridized carbons (Fsp3) is 0.333. The summed E-state index contributed by atoms with van der Waals surface area (Å²) in [5.41, 5.74) is 3.33. The Balaban J connectivity index is 1.36. The van der Waals surface area contributed by atoms with Crippen LogP contribution in [0.1, 0.15) is 11.7 Å². The first-order chi connectivity index (χ1) is 12.7. The smallest absolute Gasteiger partial charge is 0.130 e. The van der Waals surface area contributed by atoms with Gasteiger partial charge in [-0.1, -0.05) is 18.2 Å². The number of H-pyrrole nitrogens is 1. The summed E-state index contributed by atoms with van der Waals surface area (Å²) >= 11 is 0. The fourth-order valence-corrected chi connectivity index (χ4v) is 3.83. The minimum atomic E-state index is -0.436. The van der Waals surface area contributed by atoms with E-state index in [2.05, 4.69) is 28.1 Å². The van der Waals surface area contributed by atoms with Crippen LogP contribution < -0.4 is 14.5 Å². The predicted octanol–water partition coefficient (Wildman–Crippen LogP) is 1.61. The van der Waals surface area contributed by atoms with Gasteiger partial charge in [-0.15, -0.1) is 0 Å². The minimum absolute atomic E-state index is 0.436. The number of methoxy groups -OCH3 is 1. The van der Waals surface area contributed by atoms with Gasteiger partial charge in [-0.3, -0.25) is 0 Å². The largest absolute Gasteiger partial charge is 0.497 e. The third-order valence-electron chi connectivity index (χ3n) is 5.37. The highest BCUT2D eigenvalue weighted by atomic mass is 16.5. The number of aliphatic hydroxyl groups excluding tert-OH is 1. The number of fused-ring (bicyclic) bond motifs is 1. The Morgan fingerprint density at radius 1 is 1.12 bits per heavy atom. The topological polar surface area (TPSA) is 52.9 Å². The summed E-state index contributed by atoms with van der Waals surface area (Å²) in [7, 11) is 1.69. The molecule has 2 aromatic carbocycles. The number of quaternary nitrogens is 1. The SMILES string of the molecule is COc1ccc(N2CC[NH+](C[C@H](O)c3c[nH]c4ccccc34)CC2)cc1. The Labute approximate surface area is 153 Å². The molecule has 0 saturated carbocycles. The van der Waals surface area contributed by atoms with E-state index in [-0.39, 0.29) is 0 Å². The van der Waals surface area contributed by atoms with Crippen LogP contribution in [-0.2, 0) is 0 Å². The first kappa shape index (κ1) is 16.9. The van der Waals surface area contributed by atoms with Gasteiger partial charge in [0.25, 0.3) is 0 Å². The van der Waals surface area contributed by atoms with Gasteiger partial charge in [0.1, 0.15) is 18.4 Å². The van der Waals surface area contributed by atoms with Crippen LogP contribution in [0.15, 0.2) is 54.7 Å². The summed E-state index contributed by atoms with van der Waals surface area (Å²) in [4.78, 5) is 7.11. The zero-order valence-electron chi connectivity index (χ0n) is 15.1. The quantitative estimate of drug-likeness (QED) is 0.654. The molecular formula is C21H26N3O2+. The molecule has 1 atom stereocenters. The summed E-state index contributed by atoms with van der Waals surface area (Å²) in [6.07, 6.45) is 1.51. The van der Waals surface area contributed by atoms with E-state index in [1.165, 1.54) is 10.6 Å². The van der Waals surface area contributed by atoms with Crippen LogP contribution in [0.5, 0.6) is 5.75 Å². The van der Waals surface area contributed by atoms with E-state index in [4.69, 9.17) is 4.74 Å². The van der Waals surface area contributed by atoms with Crippen molar-refractivity contribution < 1.29 is 14.7 Å². The Morgan fingerprint density at radius 2 is 1.85 bits per heavy atom. The Morgan fingerprint density at radius 3 is 2.58 bits per heavy atom. The highest BCUT2D eigenvalue weighted by Gasteiger charge is 2.24. The highest BCUT2D eigenvalue weighted by Crippen LogP contribution is 2.23. The molecule has 4 rings (SSSR count). The van der Waals surface area contributed by atoms with Crippen LogP contribution in [0.4, 0.5) is 5.69 Å². The molecule has 0 aliphatic carbocycles. The molecule has 1 aliphatic heterocycles. The number of nitrogens with zero attached hydrogens (tertiary/aromatic N) is 1. The molecule has 0 unspecified atom stereocenters. The minimum Gasteiger partial charge on any atom is -0.497 e.